The number of carbonyl (C=O) groups excluding carboxylic acids is 2. The molecule has 0 heterocycles. The van der Waals surface area contributed by atoms with Crippen LogP contribution in [0.15, 0.2) is 0 Å². The zero-order valence-electron chi connectivity index (χ0n) is 13.2. The van der Waals surface area contributed by atoms with Crippen molar-refractivity contribution in [3.63, 3.8) is 0 Å². The number of ether oxygens (including phenoxy) is 1. The van der Waals surface area contributed by atoms with Crippen molar-refractivity contribution in [2.45, 2.75) is 78.1 Å². The van der Waals surface area contributed by atoms with Gasteiger partial charge in [0.15, 0.2) is 0 Å². The zero-order valence-corrected chi connectivity index (χ0v) is 13.2. The summed E-state index contributed by atoms with van der Waals surface area (Å²) in [5, 5.41) is 2.71. The van der Waals surface area contributed by atoms with Crippen molar-refractivity contribution in [1.82, 2.24) is 5.32 Å². The van der Waals surface area contributed by atoms with Crippen LogP contribution in [0.3, 0.4) is 0 Å². The molecule has 0 bridgehead atoms. The number of nitrogens with one attached hydrogen (secondary N) is 1. The highest BCUT2D eigenvalue weighted by molar-refractivity contribution is 5.72. The van der Waals surface area contributed by atoms with Gasteiger partial charge in [0, 0.05) is 19.9 Å². The number of hydrogen-bond donors (Lipinski definition) is 1. The van der Waals surface area contributed by atoms with Crippen LogP contribution in [-0.4, -0.2) is 25.0 Å². The Morgan fingerprint density at radius 1 is 0.900 bits per heavy atom. The van der Waals surface area contributed by atoms with Gasteiger partial charge in [0.05, 0.1) is 6.61 Å². The minimum atomic E-state index is -0.112. The molecule has 0 aromatic carbocycles. The lowest BCUT2D eigenvalue weighted by molar-refractivity contribution is -0.143. The molecule has 0 saturated carbocycles. The molecule has 20 heavy (non-hydrogen) atoms. The van der Waals surface area contributed by atoms with E-state index in [9.17, 15) is 9.59 Å². The van der Waals surface area contributed by atoms with Crippen LogP contribution in [0.1, 0.15) is 78.1 Å². The van der Waals surface area contributed by atoms with E-state index in [-0.39, 0.29) is 11.9 Å². The molecule has 0 aliphatic carbocycles. The van der Waals surface area contributed by atoms with Crippen LogP contribution in [0.5, 0.6) is 0 Å². The molecule has 0 fully saturated rings. The Hall–Kier alpha value is -1.06. The molecule has 0 unspecified atom stereocenters. The third kappa shape index (κ3) is 15.0. The molecule has 0 aromatic heterocycles. The zero-order chi connectivity index (χ0) is 15.1. The summed E-state index contributed by atoms with van der Waals surface area (Å²) in [6, 6.07) is 0. The molecular formula is C16H31NO3. The maximum atomic E-state index is 11.4. The van der Waals surface area contributed by atoms with E-state index in [1.807, 2.05) is 0 Å². The third-order valence-corrected chi connectivity index (χ3v) is 3.19. The number of carbonyl (C=O) groups is 2. The van der Waals surface area contributed by atoms with Crippen LogP contribution >= 0.6 is 0 Å². The van der Waals surface area contributed by atoms with Crippen molar-refractivity contribution < 1.29 is 14.3 Å². The van der Waals surface area contributed by atoms with Gasteiger partial charge in [-0.05, 0) is 19.3 Å². The molecule has 0 rings (SSSR count). The third-order valence-electron chi connectivity index (χ3n) is 3.19. The highest BCUT2D eigenvalue weighted by Crippen LogP contribution is 2.07. The van der Waals surface area contributed by atoms with Crippen LogP contribution in [-0.2, 0) is 14.3 Å². The molecular weight excluding hydrogens is 254 g/mol. The molecule has 0 aliphatic rings. The molecule has 4 heteroatoms. The topological polar surface area (TPSA) is 55.4 Å². The molecule has 4 nitrogen and oxygen atoms in total. The van der Waals surface area contributed by atoms with E-state index in [4.69, 9.17) is 4.74 Å². The van der Waals surface area contributed by atoms with Gasteiger partial charge in [-0.15, -0.1) is 0 Å². The fourth-order valence-electron chi connectivity index (χ4n) is 1.98. The monoisotopic (exact) mass is 285 g/mol. The van der Waals surface area contributed by atoms with Crippen molar-refractivity contribution in [3.05, 3.63) is 0 Å². The van der Waals surface area contributed by atoms with Gasteiger partial charge in [0.1, 0.15) is 0 Å². The Labute approximate surface area is 123 Å². The summed E-state index contributed by atoms with van der Waals surface area (Å²) in [7, 11) is 0. The van der Waals surface area contributed by atoms with Gasteiger partial charge in [-0.3, -0.25) is 9.59 Å². The Bertz CT molecular complexity index is 254. The van der Waals surface area contributed by atoms with Gasteiger partial charge in [-0.2, -0.15) is 0 Å². The van der Waals surface area contributed by atoms with E-state index in [1.165, 1.54) is 39.0 Å². The number of esters is 1. The Kier molecular flexibility index (Phi) is 13.6. The molecule has 0 spiro atoms. The van der Waals surface area contributed by atoms with E-state index in [0.717, 1.165) is 25.7 Å². The van der Waals surface area contributed by atoms with Crippen molar-refractivity contribution in [2.24, 2.45) is 0 Å². The molecule has 1 amide bonds. The molecule has 0 aromatic rings. The summed E-state index contributed by atoms with van der Waals surface area (Å²) in [5.74, 6) is -0.134. The van der Waals surface area contributed by atoms with E-state index in [1.54, 1.807) is 0 Å². The smallest absolute Gasteiger partial charge is 0.305 e. The first kappa shape index (κ1) is 18.9. The minimum absolute atomic E-state index is 0.0217. The van der Waals surface area contributed by atoms with E-state index in [0.29, 0.717) is 19.6 Å². The van der Waals surface area contributed by atoms with Crippen LogP contribution in [0.2, 0.25) is 0 Å². The Balaban J connectivity index is 3.18. The lowest BCUT2D eigenvalue weighted by atomic mass is 10.1. The first-order valence-electron chi connectivity index (χ1n) is 8.07. The fourth-order valence-corrected chi connectivity index (χ4v) is 1.98. The fraction of sp³-hybridized carbons (Fsp3) is 0.875. The van der Waals surface area contributed by atoms with Gasteiger partial charge in [-0.25, -0.2) is 0 Å². The number of unbranched alkanes of at least 4 members (excludes halogenated alkanes) is 7. The van der Waals surface area contributed by atoms with Gasteiger partial charge in [0.2, 0.25) is 5.91 Å². The summed E-state index contributed by atoms with van der Waals surface area (Å²) in [4.78, 5) is 22.0. The van der Waals surface area contributed by atoms with E-state index in [2.05, 4.69) is 12.2 Å². The SMILES string of the molecule is CCCCCCCCCOC(=O)CCCCNC(C)=O. The van der Waals surface area contributed by atoms with Crippen LogP contribution in [0.25, 0.3) is 0 Å². The summed E-state index contributed by atoms with van der Waals surface area (Å²) in [6.07, 6.45) is 10.7. The maximum Gasteiger partial charge on any atom is 0.305 e. The Morgan fingerprint density at radius 2 is 1.55 bits per heavy atom. The predicted molar refractivity (Wildman–Crippen MR) is 81.5 cm³/mol. The standard InChI is InChI=1S/C16H31NO3/c1-3-4-5-6-7-8-11-14-20-16(19)12-9-10-13-17-15(2)18/h3-14H2,1-2H3,(H,17,18). The van der Waals surface area contributed by atoms with Crippen molar-refractivity contribution in [2.75, 3.05) is 13.2 Å². The summed E-state index contributed by atoms with van der Waals surface area (Å²) >= 11 is 0. The number of amides is 1. The first-order chi connectivity index (χ1) is 9.66. The van der Waals surface area contributed by atoms with Crippen molar-refractivity contribution in [3.8, 4) is 0 Å². The summed E-state index contributed by atoms with van der Waals surface area (Å²) < 4.78 is 5.17. The number of rotatable bonds is 13. The highest BCUT2D eigenvalue weighted by atomic mass is 16.5. The van der Waals surface area contributed by atoms with Crippen molar-refractivity contribution in [1.29, 1.82) is 0 Å². The quantitative estimate of drug-likeness (QED) is 0.415. The molecule has 1 N–H and O–H groups in total. The van der Waals surface area contributed by atoms with Gasteiger partial charge < -0.3 is 10.1 Å². The second-order valence-electron chi connectivity index (χ2n) is 5.28. The van der Waals surface area contributed by atoms with Gasteiger partial charge in [0.25, 0.3) is 0 Å². The van der Waals surface area contributed by atoms with E-state index >= 15 is 0 Å². The number of hydrogen-bond acceptors (Lipinski definition) is 3. The molecule has 0 radical (unpaired) electrons. The lowest BCUT2D eigenvalue weighted by Crippen LogP contribution is -2.21. The lowest BCUT2D eigenvalue weighted by Gasteiger charge is -2.05. The van der Waals surface area contributed by atoms with Crippen LogP contribution < -0.4 is 5.32 Å². The highest BCUT2D eigenvalue weighted by Gasteiger charge is 2.02. The van der Waals surface area contributed by atoms with Gasteiger partial charge in [-0.1, -0.05) is 45.4 Å². The average Bonchev–Trinajstić information content (AvgIpc) is 2.41. The van der Waals surface area contributed by atoms with Crippen LogP contribution in [0, 0.1) is 0 Å². The minimum Gasteiger partial charge on any atom is -0.466 e. The molecule has 0 saturated heterocycles. The van der Waals surface area contributed by atoms with Gasteiger partial charge >= 0.3 is 5.97 Å². The summed E-state index contributed by atoms with van der Waals surface area (Å²) in [6.45, 7) is 4.91. The molecule has 0 atom stereocenters. The summed E-state index contributed by atoms with van der Waals surface area (Å²) in [5.41, 5.74) is 0. The molecule has 0 aliphatic heterocycles. The molecule has 118 valence electrons. The van der Waals surface area contributed by atoms with Crippen LogP contribution in [0.4, 0.5) is 0 Å². The Morgan fingerprint density at radius 3 is 2.20 bits per heavy atom. The van der Waals surface area contributed by atoms with Crippen molar-refractivity contribution >= 4 is 11.9 Å². The first-order valence-corrected chi connectivity index (χ1v) is 8.07. The predicted octanol–water partition coefficient (Wildman–Crippen LogP) is 3.59. The average molecular weight is 285 g/mol. The normalized spacial score (nSPS) is 10.3. The second kappa shape index (κ2) is 14.4. The second-order valence-corrected chi connectivity index (χ2v) is 5.28. The largest absolute Gasteiger partial charge is 0.466 e. The maximum absolute atomic E-state index is 11.4. The van der Waals surface area contributed by atoms with E-state index < -0.39 is 0 Å².